The van der Waals surface area contributed by atoms with Crippen LogP contribution in [-0.4, -0.2) is 20.6 Å². The van der Waals surface area contributed by atoms with E-state index in [0.717, 1.165) is 13.0 Å². The van der Waals surface area contributed by atoms with Gasteiger partial charge in [-0.1, -0.05) is 27.7 Å². The molecule has 1 rings (SSSR count). The molecule has 0 aromatic carbocycles. The van der Waals surface area contributed by atoms with Crippen LogP contribution in [0.4, 0.5) is 0 Å². The van der Waals surface area contributed by atoms with Gasteiger partial charge in [0.05, 0.1) is 12.0 Å². The highest BCUT2D eigenvalue weighted by Gasteiger charge is 2.20. The van der Waals surface area contributed by atoms with Gasteiger partial charge in [-0.2, -0.15) is 0 Å². The zero-order chi connectivity index (χ0) is 13.1. The first-order valence-corrected chi connectivity index (χ1v) is 6.08. The number of carboxylic acids is 1. The molecule has 0 saturated carbocycles. The molecular weight excluding hydrogens is 216 g/mol. The Hall–Kier alpha value is -1.32. The first kappa shape index (κ1) is 13.7. The molecule has 0 spiro atoms. The normalized spacial score (nSPS) is 13.6. The van der Waals surface area contributed by atoms with Gasteiger partial charge in [0.1, 0.15) is 5.92 Å². The van der Waals surface area contributed by atoms with Crippen LogP contribution < -0.4 is 0 Å². The third-order valence-electron chi connectivity index (χ3n) is 2.84. The Labute approximate surface area is 103 Å². The average Bonchev–Trinajstić information content (AvgIpc) is 2.63. The van der Waals surface area contributed by atoms with E-state index in [4.69, 9.17) is 5.11 Å². The van der Waals surface area contributed by atoms with Gasteiger partial charge in [0.25, 0.3) is 0 Å². The fourth-order valence-electron chi connectivity index (χ4n) is 1.65. The van der Waals surface area contributed by atoms with E-state index < -0.39 is 11.9 Å². The molecule has 4 heteroatoms. The quantitative estimate of drug-likeness (QED) is 0.858. The van der Waals surface area contributed by atoms with Crippen molar-refractivity contribution in [3.8, 4) is 0 Å². The van der Waals surface area contributed by atoms with E-state index in [0.29, 0.717) is 12.1 Å². The maximum Gasteiger partial charge on any atom is 0.312 e. The van der Waals surface area contributed by atoms with Crippen molar-refractivity contribution in [3.05, 3.63) is 18.2 Å². The van der Waals surface area contributed by atoms with Crippen molar-refractivity contribution in [2.24, 2.45) is 5.41 Å². The zero-order valence-electron chi connectivity index (χ0n) is 11.1. The molecule has 17 heavy (non-hydrogen) atoms. The minimum Gasteiger partial charge on any atom is -0.481 e. The maximum atomic E-state index is 11.0. The Morgan fingerprint density at radius 3 is 2.65 bits per heavy atom. The average molecular weight is 238 g/mol. The summed E-state index contributed by atoms with van der Waals surface area (Å²) in [6, 6.07) is 0. The van der Waals surface area contributed by atoms with Crippen LogP contribution in [0.5, 0.6) is 0 Å². The number of carbonyl (C=O) groups is 1. The summed E-state index contributed by atoms with van der Waals surface area (Å²) < 4.78 is 1.98. The molecular formula is C13H22N2O2. The maximum absolute atomic E-state index is 11.0. The van der Waals surface area contributed by atoms with E-state index in [1.165, 1.54) is 0 Å². The van der Waals surface area contributed by atoms with Crippen molar-refractivity contribution in [1.82, 2.24) is 9.55 Å². The second kappa shape index (κ2) is 5.34. The first-order chi connectivity index (χ1) is 7.83. The van der Waals surface area contributed by atoms with Gasteiger partial charge in [0.15, 0.2) is 0 Å². The van der Waals surface area contributed by atoms with Gasteiger partial charge in [-0.3, -0.25) is 4.79 Å². The van der Waals surface area contributed by atoms with Crippen LogP contribution in [0.2, 0.25) is 0 Å². The number of hydrogen-bond acceptors (Lipinski definition) is 2. The van der Waals surface area contributed by atoms with Crippen molar-refractivity contribution in [3.63, 3.8) is 0 Å². The summed E-state index contributed by atoms with van der Waals surface area (Å²) in [5.74, 6) is -1.28. The number of aliphatic carboxylic acids is 1. The Morgan fingerprint density at radius 2 is 2.18 bits per heavy atom. The van der Waals surface area contributed by atoms with Crippen molar-refractivity contribution >= 4 is 5.97 Å². The van der Waals surface area contributed by atoms with E-state index in [1.54, 1.807) is 6.33 Å². The Bertz CT molecular complexity index is 377. The zero-order valence-corrected chi connectivity index (χ0v) is 11.1. The predicted octanol–water partition coefficient (Wildman–Crippen LogP) is 2.90. The number of carboxylic acid groups (broad SMARTS) is 1. The topological polar surface area (TPSA) is 55.1 Å². The van der Waals surface area contributed by atoms with E-state index in [2.05, 4.69) is 25.8 Å². The summed E-state index contributed by atoms with van der Waals surface area (Å²) in [5, 5.41) is 9.05. The van der Waals surface area contributed by atoms with Crippen LogP contribution >= 0.6 is 0 Å². The molecule has 1 aromatic heterocycles. The lowest BCUT2D eigenvalue weighted by molar-refractivity contribution is -0.138. The van der Waals surface area contributed by atoms with Gasteiger partial charge in [-0.05, 0) is 18.3 Å². The van der Waals surface area contributed by atoms with Crippen molar-refractivity contribution in [1.29, 1.82) is 0 Å². The lowest BCUT2D eigenvalue weighted by Gasteiger charge is -2.17. The predicted molar refractivity (Wildman–Crippen MR) is 67.0 cm³/mol. The molecule has 0 fully saturated rings. The summed E-state index contributed by atoms with van der Waals surface area (Å²) in [4.78, 5) is 15.2. The Kier molecular flexibility index (Phi) is 4.32. The van der Waals surface area contributed by atoms with Gasteiger partial charge in [0.2, 0.25) is 0 Å². The molecule has 0 radical (unpaired) electrons. The highest BCUT2D eigenvalue weighted by atomic mass is 16.4. The largest absolute Gasteiger partial charge is 0.481 e. The fourth-order valence-corrected chi connectivity index (χ4v) is 1.65. The number of aromatic nitrogens is 2. The molecule has 4 nitrogen and oxygen atoms in total. The van der Waals surface area contributed by atoms with Crippen LogP contribution in [0.15, 0.2) is 12.5 Å². The molecule has 0 aliphatic heterocycles. The minimum absolute atomic E-state index is 0.279. The number of hydrogen-bond donors (Lipinski definition) is 1. The van der Waals surface area contributed by atoms with E-state index in [9.17, 15) is 4.79 Å². The number of imidazole rings is 1. The van der Waals surface area contributed by atoms with E-state index in [-0.39, 0.29) is 5.41 Å². The van der Waals surface area contributed by atoms with Gasteiger partial charge in [0, 0.05) is 12.7 Å². The summed E-state index contributed by atoms with van der Waals surface area (Å²) in [6.45, 7) is 9.32. The summed E-state index contributed by atoms with van der Waals surface area (Å²) in [7, 11) is 0. The monoisotopic (exact) mass is 238 g/mol. The molecule has 1 N–H and O–H groups in total. The molecule has 0 amide bonds. The Balaban J connectivity index is 2.68. The van der Waals surface area contributed by atoms with E-state index >= 15 is 0 Å². The van der Waals surface area contributed by atoms with Crippen molar-refractivity contribution in [2.75, 3.05) is 0 Å². The highest BCUT2D eigenvalue weighted by Crippen LogP contribution is 2.21. The van der Waals surface area contributed by atoms with Gasteiger partial charge in [-0.25, -0.2) is 4.98 Å². The number of nitrogens with zero attached hydrogens (tertiary/aromatic N) is 2. The molecule has 1 atom stereocenters. The second-order valence-corrected chi connectivity index (χ2v) is 5.65. The third kappa shape index (κ3) is 4.21. The smallest absolute Gasteiger partial charge is 0.312 e. The van der Waals surface area contributed by atoms with Gasteiger partial charge < -0.3 is 9.67 Å². The van der Waals surface area contributed by atoms with Crippen molar-refractivity contribution in [2.45, 2.75) is 53.0 Å². The molecule has 0 bridgehead atoms. The molecule has 1 heterocycles. The summed E-state index contributed by atoms with van der Waals surface area (Å²) in [6.07, 6.45) is 5.21. The van der Waals surface area contributed by atoms with Crippen LogP contribution in [0.25, 0.3) is 0 Å². The van der Waals surface area contributed by atoms with Crippen LogP contribution in [0.1, 0.15) is 52.1 Å². The SMILES string of the molecule is CCC(C(=O)O)c1cn(CCC(C)(C)C)cn1. The number of rotatable bonds is 5. The lowest BCUT2D eigenvalue weighted by Crippen LogP contribution is -2.11. The van der Waals surface area contributed by atoms with E-state index in [1.807, 2.05) is 17.7 Å². The molecule has 1 aromatic rings. The standard InChI is InChI=1S/C13H22N2O2/c1-5-10(12(16)17)11-8-15(9-14-11)7-6-13(2,3)4/h8-10H,5-7H2,1-4H3,(H,16,17). The van der Waals surface area contributed by atoms with Crippen LogP contribution in [0.3, 0.4) is 0 Å². The van der Waals surface area contributed by atoms with Crippen molar-refractivity contribution < 1.29 is 9.90 Å². The Morgan fingerprint density at radius 1 is 1.53 bits per heavy atom. The summed E-state index contributed by atoms with van der Waals surface area (Å²) in [5.41, 5.74) is 0.940. The van der Waals surface area contributed by atoms with Crippen LogP contribution in [0, 0.1) is 5.41 Å². The number of aryl methyl sites for hydroxylation is 1. The lowest BCUT2D eigenvalue weighted by atomic mass is 9.92. The second-order valence-electron chi connectivity index (χ2n) is 5.65. The fraction of sp³-hybridized carbons (Fsp3) is 0.692. The molecule has 0 aliphatic carbocycles. The van der Waals surface area contributed by atoms with Gasteiger partial charge >= 0.3 is 5.97 Å². The molecule has 0 aliphatic rings. The first-order valence-electron chi connectivity index (χ1n) is 6.08. The third-order valence-corrected chi connectivity index (χ3v) is 2.84. The molecule has 0 saturated heterocycles. The van der Waals surface area contributed by atoms with Gasteiger partial charge in [-0.15, -0.1) is 0 Å². The minimum atomic E-state index is -0.798. The molecule has 1 unspecified atom stereocenters. The van der Waals surface area contributed by atoms with Crippen LogP contribution in [-0.2, 0) is 11.3 Å². The molecule has 96 valence electrons. The highest BCUT2D eigenvalue weighted by molar-refractivity contribution is 5.75. The summed E-state index contributed by atoms with van der Waals surface area (Å²) >= 11 is 0.